The van der Waals surface area contributed by atoms with E-state index < -0.39 is 11.7 Å². The number of aryl methyl sites for hydroxylation is 2. The fourth-order valence-electron chi connectivity index (χ4n) is 4.94. The molecule has 0 bridgehead atoms. The Kier molecular flexibility index (Phi) is 22.8. The molecule has 1 aromatic carbocycles. The summed E-state index contributed by atoms with van der Waals surface area (Å²) in [5.41, 5.74) is 2.18. The van der Waals surface area contributed by atoms with Crippen molar-refractivity contribution >= 4 is 41.1 Å². The number of piperidine rings is 1. The molecular weight excluding hydrogens is 743 g/mol. The molecule has 3 aromatic rings. The molecule has 1 fully saturated rings. The molecule has 0 radical (unpaired) electrons. The van der Waals surface area contributed by atoms with E-state index in [1.54, 1.807) is 14.0 Å². The van der Waals surface area contributed by atoms with Gasteiger partial charge >= 0.3 is 6.18 Å². The fraction of sp³-hybridized carbons (Fsp3) is 0.486. The lowest BCUT2D eigenvalue weighted by molar-refractivity contribution is -0.137. The Morgan fingerprint density at radius 2 is 1.69 bits per heavy atom. The Labute approximate surface area is 324 Å². The monoisotopic (exact) mass is 795 g/mol. The van der Waals surface area contributed by atoms with Crippen LogP contribution in [-0.4, -0.2) is 94.8 Å². The van der Waals surface area contributed by atoms with Crippen LogP contribution < -0.4 is 21.1 Å². The molecule has 1 saturated heterocycles. The van der Waals surface area contributed by atoms with E-state index in [0.717, 1.165) is 49.9 Å². The van der Waals surface area contributed by atoms with Crippen molar-refractivity contribution in [3.05, 3.63) is 80.8 Å². The normalized spacial score (nSPS) is 13.3. The van der Waals surface area contributed by atoms with E-state index >= 15 is 0 Å². The molecule has 304 valence electrons. The van der Waals surface area contributed by atoms with Gasteiger partial charge in [0.15, 0.2) is 12.0 Å². The second kappa shape index (κ2) is 26.0. The van der Waals surface area contributed by atoms with E-state index in [1.165, 1.54) is 29.8 Å². The van der Waals surface area contributed by atoms with Gasteiger partial charge in [-0.15, -0.1) is 0 Å². The number of hydrogen-bond donors (Lipinski definition) is 4. The molecule has 5 rings (SSSR count). The Morgan fingerprint density at radius 1 is 1.04 bits per heavy atom. The summed E-state index contributed by atoms with van der Waals surface area (Å²) in [7, 11) is 5.34. The third kappa shape index (κ3) is 15.8. The van der Waals surface area contributed by atoms with Gasteiger partial charge in [-0.1, -0.05) is 38.4 Å². The average molecular weight is 796 g/mol. The first-order chi connectivity index (χ1) is 26.4. The number of aldehydes is 2. The van der Waals surface area contributed by atoms with Gasteiger partial charge in [-0.2, -0.15) is 13.2 Å². The van der Waals surface area contributed by atoms with Crippen LogP contribution in [0.25, 0.3) is 5.57 Å². The maximum absolute atomic E-state index is 13.4. The van der Waals surface area contributed by atoms with Gasteiger partial charge in [0.25, 0.3) is 5.56 Å². The van der Waals surface area contributed by atoms with Crippen LogP contribution in [0.2, 0.25) is 5.02 Å². The fourth-order valence-corrected chi connectivity index (χ4v) is 5.21. The molecule has 4 N–H and O–H groups in total. The predicted octanol–water partition coefficient (Wildman–Crippen LogP) is 6.21. The van der Waals surface area contributed by atoms with E-state index in [4.69, 9.17) is 21.4 Å². The van der Waals surface area contributed by atoms with Gasteiger partial charge in [-0.05, 0) is 76.9 Å². The summed E-state index contributed by atoms with van der Waals surface area (Å²) < 4.78 is 43.1. The van der Waals surface area contributed by atoms with Crippen molar-refractivity contribution < 1.29 is 32.6 Å². The molecular formula is C37H53ClF3N9O5. The number of rotatable bonds is 7. The number of carbonyl (C=O) groups is 2. The molecule has 14 nitrogen and oxygen atoms in total. The van der Waals surface area contributed by atoms with E-state index in [2.05, 4.69) is 40.6 Å². The molecule has 0 unspecified atom stereocenters. The van der Waals surface area contributed by atoms with Crippen LogP contribution in [0.5, 0.6) is 5.75 Å². The molecule has 2 aliphatic rings. The van der Waals surface area contributed by atoms with Crippen molar-refractivity contribution in [3.63, 3.8) is 0 Å². The molecule has 0 spiro atoms. The number of alkyl halides is 3. The van der Waals surface area contributed by atoms with Crippen molar-refractivity contribution in [2.45, 2.75) is 72.5 Å². The molecule has 0 saturated carbocycles. The number of halogens is 4. The van der Waals surface area contributed by atoms with Crippen LogP contribution in [0.1, 0.15) is 79.7 Å². The minimum Gasteiger partial charge on any atom is -0.504 e. The molecule has 0 atom stereocenters. The first-order valence-electron chi connectivity index (χ1n) is 17.8. The average Bonchev–Trinajstić information content (AvgIpc) is 3.25. The highest BCUT2D eigenvalue weighted by atomic mass is 35.5. The molecule has 0 aliphatic carbocycles. The number of aromatic amines is 1. The Bertz CT molecular complexity index is 1780. The summed E-state index contributed by atoms with van der Waals surface area (Å²) in [6, 6.07) is 3.18. The highest BCUT2D eigenvalue weighted by Gasteiger charge is 2.30. The van der Waals surface area contributed by atoms with Crippen molar-refractivity contribution in [1.29, 1.82) is 0 Å². The largest absolute Gasteiger partial charge is 0.504 e. The van der Waals surface area contributed by atoms with Crippen LogP contribution in [0, 0.1) is 6.92 Å². The number of aromatic hydroxyl groups is 1. The summed E-state index contributed by atoms with van der Waals surface area (Å²) in [6.45, 7) is 10.3. The number of anilines is 2. The molecule has 2 aliphatic heterocycles. The minimum atomic E-state index is -4.34. The van der Waals surface area contributed by atoms with Gasteiger partial charge in [0, 0.05) is 20.1 Å². The zero-order valence-electron chi connectivity index (χ0n) is 32.5. The number of hydrogen-bond acceptors (Lipinski definition) is 12. The zero-order valence-corrected chi connectivity index (χ0v) is 33.2. The smallest absolute Gasteiger partial charge is 0.416 e. The second-order valence-corrected chi connectivity index (χ2v) is 11.8. The van der Waals surface area contributed by atoms with Gasteiger partial charge in [-0.3, -0.25) is 14.7 Å². The van der Waals surface area contributed by atoms with E-state index in [9.17, 15) is 27.6 Å². The third-order valence-corrected chi connectivity index (χ3v) is 7.92. The lowest BCUT2D eigenvalue weighted by Gasteiger charge is -2.28. The Morgan fingerprint density at radius 3 is 2.20 bits per heavy atom. The summed E-state index contributed by atoms with van der Waals surface area (Å²) in [6.07, 6.45) is 6.12. The van der Waals surface area contributed by atoms with Crippen LogP contribution >= 0.6 is 11.6 Å². The number of aromatic nitrogens is 6. The van der Waals surface area contributed by atoms with Crippen molar-refractivity contribution in [2.75, 3.05) is 57.7 Å². The summed E-state index contributed by atoms with van der Waals surface area (Å²) in [4.78, 5) is 53.0. The van der Waals surface area contributed by atoms with Crippen LogP contribution in [-0.2, 0) is 28.7 Å². The summed E-state index contributed by atoms with van der Waals surface area (Å²) in [5.74, 6) is 0.394. The maximum Gasteiger partial charge on any atom is 0.416 e. The maximum atomic E-state index is 13.4. The Hall–Kier alpha value is -4.87. The van der Waals surface area contributed by atoms with Crippen molar-refractivity contribution in [2.24, 2.45) is 0 Å². The van der Waals surface area contributed by atoms with Gasteiger partial charge < -0.3 is 30.2 Å². The summed E-state index contributed by atoms with van der Waals surface area (Å²) in [5, 5.41) is 17.6. The van der Waals surface area contributed by atoms with Gasteiger partial charge in [0.2, 0.25) is 0 Å². The quantitative estimate of drug-likeness (QED) is 0.199. The van der Waals surface area contributed by atoms with Crippen molar-refractivity contribution in [3.8, 4) is 5.75 Å². The van der Waals surface area contributed by atoms with Crippen molar-refractivity contribution in [1.82, 2.24) is 35.0 Å². The highest BCUT2D eigenvalue weighted by molar-refractivity contribution is 6.33. The van der Waals surface area contributed by atoms with Crippen LogP contribution in [0.4, 0.5) is 24.5 Å². The lowest BCUT2D eigenvalue weighted by Crippen LogP contribution is -2.37. The lowest BCUT2D eigenvalue weighted by atomic mass is 10.1. The topological polar surface area (TPSA) is 180 Å². The summed E-state index contributed by atoms with van der Waals surface area (Å²) >= 11 is 5.57. The van der Waals surface area contributed by atoms with E-state index in [1.807, 2.05) is 40.9 Å². The minimum absolute atomic E-state index is 0.0347. The number of carbonyl (C=O) groups excluding carboxylic acids is 2. The number of nitrogens with one attached hydrogen (secondary N) is 3. The molecule has 55 heavy (non-hydrogen) atoms. The molecule has 2 aromatic heterocycles. The first-order valence-corrected chi connectivity index (χ1v) is 18.2. The SMILES string of the molecule is CC.CCc1ncnc(C2=CCOCC2)[nH]n(CC=O)c(=O)c1N1CCCCC1.CNC.CNc1ccc(C(F)(F)F)cc1Cl.Cc1ncnc(C=O)c1O. The number of H-pyrrole nitrogens is 1. The second-order valence-electron chi connectivity index (χ2n) is 11.4. The number of nitrogens with zero attached hydrogens (tertiary/aromatic N) is 6. The van der Waals surface area contributed by atoms with Gasteiger partial charge in [-0.25, -0.2) is 24.6 Å². The van der Waals surface area contributed by atoms with E-state index in [-0.39, 0.29) is 28.6 Å². The molecule has 18 heteroatoms. The number of ether oxygens (including phenoxy) is 1. The highest BCUT2D eigenvalue weighted by Crippen LogP contribution is 2.33. The van der Waals surface area contributed by atoms with Crippen LogP contribution in [0.3, 0.4) is 0 Å². The van der Waals surface area contributed by atoms with Crippen LogP contribution in [0.15, 0.2) is 41.7 Å². The van der Waals surface area contributed by atoms with Gasteiger partial charge in [0.05, 0.1) is 47.4 Å². The molecule has 4 heterocycles. The Balaban J connectivity index is 0.000000447. The molecule has 0 amide bonds. The van der Waals surface area contributed by atoms with Gasteiger partial charge in [0.1, 0.15) is 36.1 Å². The van der Waals surface area contributed by atoms with E-state index in [0.29, 0.717) is 60.9 Å². The predicted molar refractivity (Wildman–Crippen MR) is 209 cm³/mol. The number of benzene rings is 1. The third-order valence-electron chi connectivity index (χ3n) is 7.61. The zero-order chi connectivity index (χ0) is 41.4. The standard InChI is InChI=1S/C19H27N5O3.C8H7ClF3N.C6H6N2O2.C2H7N.C2H6/c1-2-16-17(23-8-4-3-5-9-23)19(26)24(10-11-25)22-18(21-14-20-16)15-6-12-27-13-7-15;1-13-7-3-2-5(4-6(7)9)8(10,11)12;1-4-6(10)5(2-9)8-3-7-4;1-3-2;1-2/h6,11,14H,2-5,7-10,12-13H2,1H3,(H,20,21,22);2-4,13H,1H3;2-3,10H,1H3;3H,1-2H3;1-2H3. The first kappa shape index (κ1) is 48.1.